The largest absolute Gasteiger partial charge is 0.507 e. The number of ketones is 1. The Morgan fingerprint density at radius 2 is 1.68 bits per heavy atom. The van der Waals surface area contributed by atoms with Gasteiger partial charge in [0.25, 0.3) is 11.7 Å². The van der Waals surface area contributed by atoms with E-state index in [2.05, 4.69) is 0 Å². The molecule has 1 aliphatic rings. The molecule has 0 bridgehead atoms. The second-order valence-electron chi connectivity index (χ2n) is 8.12. The van der Waals surface area contributed by atoms with Crippen molar-refractivity contribution in [2.24, 2.45) is 0 Å². The molecule has 174 valence electrons. The molecule has 0 aromatic heterocycles. The lowest BCUT2D eigenvalue weighted by Crippen LogP contribution is -2.29. The highest BCUT2D eigenvalue weighted by atomic mass is 35.5. The number of ether oxygens (including phenoxy) is 2. The summed E-state index contributed by atoms with van der Waals surface area (Å²) in [6, 6.07) is 19.6. The molecule has 3 aromatic rings. The first-order chi connectivity index (χ1) is 16.3. The number of aliphatic hydroxyl groups excluding tert-OH is 1. The smallest absolute Gasteiger partial charge is 0.300 e. The molecule has 3 aromatic carbocycles. The Labute approximate surface area is 203 Å². The van der Waals surface area contributed by atoms with Gasteiger partial charge in [0.15, 0.2) is 0 Å². The van der Waals surface area contributed by atoms with Crippen molar-refractivity contribution in [3.63, 3.8) is 0 Å². The molecule has 34 heavy (non-hydrogen) atoms. The minimum Gasteiger partial charge on any atom is -0.507 e. The first kappa shape index (κ1) is 23.4. The molecule has 1 amide bonds. The van der Waals surface area contributed by atoms with Crippen LogP contribution in [-0.2, 0) is 9.59 Å². The zero-order valence-corrected chi connectivity index (χ0v) is 19.7. The number of hydrogen-bond acceptors (Lipinski definition) is 5. The molecule has 0 radical (unpaired) electrons. The summed E-state index contributed by atoms with van der Waals surface area (Å²) in [5.74, 6) is -0.613. The van der Waals surface area contributed by atoms with Crippen LogP contribution in [0.2, 0.25) is 5.02 Å². The Bertz CT molecular complexity index is 1270. The quantitative estimate of drug-likeness (QED) is 0.277. The average Bonchev–Trinajstić information content (AvgIpc) is 3.09. The van der Waals surface area contributed by atoms with Crippen molar-refractivity contribution in [1.82, 2.24) is 0 Å². The highest BCUT2D eigenvalue weighted by Gasteiger charge is 2.47. The van der Waals surface area contributed by atoms with Gasteiger partial charge in [-0.05, 0) is 67.9 Å². The summed E-state index contributed by atoms with van der Waals surface area (Å²) in [6.07, 6.45) is -0.0605. The monoisotopic (exact) mass is 477 g/mol. The van der Waals surface area contributed by atoms with E-state index in [0.717, 1.165) is 0 Å². The van der Waals surface area contributed by atoms with E-state index in [1.54, 1.807) is 79.9 Å². The van der Waals surface area contributed by atoms with Gasteiger partial charge < -0.3 is 14.6 Å². The molecule has 7 heteroatoms. The first-order valence-corrected chi connectivity index (χ1v) is 11.2. The predicted molar refractivity (Wildman–Crippen MR) is 131 cm³/mol. The number of benzene rings is 3. The van der Waals surface area contributed by atoms with Crippen LogP contribution in [-0.4, -0.2) is 30.0 Å². The molecule has 1 unspecified atom stereocenters. The molecule has 0 saturated carbocycles. The number of Topliss-reactive ketones (excluding diaryl/α,β-unsaturated/α-hetero) is 1. The van der Waals surface area contributed by atoms with Gasteiger partial charge in [0.1, 0.15) is 17.3 Å². The van der Waals surface area contributed by atoms with E-state index in [1.165, 1.54) is 4.90 Å². The number of carbonyl (C=O) groups is 2. The van der Waals surface area contributed by atoms with Crippen LogP contribution in [0.4, 0.5) is 5.69 Å². The van der Waals surface area contributed by atoms with Crippen LogP contribution in [0.5, 0.6) is 11.5 Å². The Morgan fingerprint density at radius 1 is 0.971 bits per heavy atom. The van der Waals surface area contributed by atoms with Gasteiger partial charge in [-0.25, -0.2) is 0 Å². The minimum absolute atomic E-state index is 0.0234. The van der Waals surface area contributed by atoms with Crippen LogP contribution < -0.4 is 14.4 Å². The fourth-order valence-corrected chi connectivity index (χ4v) is 4.17. The topological polar surface area (TPSA) is 76.1 Å². The van der Waals surface area contributed by atoms with Gasteiger partial charge in [-0.15, -0.1) is 0 Å². The average molecular weight is 478 g/mol. The van der Waals surface area contributed by atoms with Crippen LogP contribution >= 0.6 is 11.6 Å². The number of halogens is 1. The molecular weight excluding hydrogens is 454 g/mol. The first-order valence-electron chi connectivity index (χ1n) is 10.8. The van der Waals surface area contributed by atoms with Crippen molar-refractivity contribution in [2.45, 2.75) is 26.0 Å². The Morgan fingerprint density at radius 3 is 2.32 bits per heavy atom. The minimum atomic E-state index is -0.872. The molecule has 1 atom stereocenters. The number of rotatable bonds is 6. The molecule has 1 fully saturated rings. The van der Waals surface area contributed by atoms with Gasteiger partial charge in [0.2, 0.25) is 0 Å². The van der Waals surface area contributed by atoms with Gasteiger partial charge in [-0.3, -0.25) is 14.5 Å². The molecule has 1 aliphatic heterocycles. The zero-order valence-electron chi connectivity index (χ0n) is 19.0. The van der Waals surface area contributed by atoms with Crippen molar-refractivity contribution in [3.05, 3.63) is 94.5 Å². The molecule has 1 saturated heterocycles. The van der Waals surface area contributed by atoms with E-state index in [-0.39, 0.29) is 17.4 Å². The Kier molecular flexibility index (Phi) is 6.61. The Balaban J connectivity index is 1.92. The van der Waals surface area contributed by atoms with Crippen molar-refractivity contribution in [1.29, 1.82) is 0 Å². The third kappa shape index (κ3) is 4.50. The Hall–Kier alpha value is -3.77. The third-order valence-corrected chi connectivity index (χ3v) is 5.67. The summed E-state index contributed by atoms with van der Waals surface area (Å²) in [7, 11) is 1.55. The van der Waals surface area contributed by atoms with E-state index in [1.807, 2.05) is 13.8 Å². The number of amides is 1. The summed E-state index contributed by atoms with van der Waals surface area (Å²) >= 11 is 6.11. The number of methoxy groups -OCH3 is 1. The second-order valence-corrected chi connectivity index (χ2v) is 8.55. The molecule has 4 rings (SSSR count). The van der Waals surface area contributed by atoms with Crippen molar-refractivity contribution >= 4 is 34.7 Å². The van der Waals surface area contributed by atoms with Gasteiger partial charge >= 0.3 is 0 Å². The van der Waals surface area contributed by atoms with Gasteiger partial charge in [0.05, 0.1) is 24.8 Å². The fraction of sp³-hybridized carbons (Fsp3) is 0.185. The number of nitrogens with zero attached hydrogens (tertiary/aromatic N) is 1. The van der Waals surface area contributed by atoms with Crippen LogP contribution in [0.15, 0.2) is 78.4 Å². The SMILES string of the molecule is COc1ccc(N2C(=O)C(=O)/C(=C(\O)c3cccc(Cl)c3)C2c2cccc(OC(C)C)c2)cc1. The van der Waals surface area contributed by atoms with Crippen LogP contribution in [0.1, 0.15) is 31.0 Å². The number of carbonyl (C=O) groups excluding carboxylic acids is 2. The maximum absolute atomic E-state index is 13.3. The highest BCUT2D eigenvalue weighted by molar-refractivity contribution is 6.51. The molecule has 1 heterocycles. The van der Waals surface area contributed by atoms with Crippen molar-refractivity contribution in [2.75, 3.05) is 12.0 Å². The molecule has 0 spiro atoms. The van der Waals surface area contributed by atoms with Crippen LogP contribution in [0, 0.1) is 0 Å². The maximum atomic E-state index is 13.3. The normalized spacial score (nSPS) is 17.3. The second kappa shape index (κ2) is 9.61. The van der Waals surface area contributed by atoms with E-state index >= 15 is 0 Å². The predicted octanol–water partition coefficient (Wildman–Crippen LogP) is 5.76. The summed E-state index contributed by atoms with van der Waals surface area (Å²) < 4.78 is 11.1. The van der Waals surface area contributed by atoms with E-state index in [9.17, 15) is 14.7 Å². The standard InChI is InChI=1S/C27H24ClNO5/c1-16(2)34-22-9-5-6-17(15-22)24-23(25(30)18-7-4-8-19(28)14-18)26(31)27(32)29(24)20-10-12-21(33-3)13-11-20/h4-16,24,30H,1-3H3/b25-23-. The zero-order chi connectivity index (χ0) is 24.4. The maximum Gasteiger partial charge on any atom is 0.300 e. The van der Waals surface area contributed by atoms with Crippen molar-refractivity contribution in [3.8, 4) is 11.5 Å². The summed E-state index contributed by atoms with van der Waals surface area (Å²) in [6.45, 7) is 3.82. The molecule has 0 aliphatic carbocycles. The third-order valence-electron chi connectivity index (χ3n) is 5.44. The molecule has 6 nitrogen and oxygen atoms in total. The van der Waals surface area contributed by atoms with E-state index < -0.39 is 17.7 Å². The lowest BCUT2D eigenvalue weighted by molar-refractivity contribution is -0.132. The van der Waals surface area contributed by atoms with Crippen molar-refractivity contribution < 1.29 is 24.2 Å². The lowest BCUT2D eigenvalue weighted by Gasteiger charge is -2.26. The summed E-state index contributed by atoms with van der Waals surface area (Å²) in [5, 5.41) is 11.6. The van der Waals surface area contributed by atoms with Gasteiger partial charge in [-0.2, -0.15) is 0 Å². The summed E-state index contributed by atoms with van der Waals surface area (Å²) in [4.78, 5) is 27.9. The van der Waals surface area contributed by atoms with Crippen LogP contribution in [0.25, 0.3) is 5.76 Å². The lowest BCUT2D eigenvalue weighted by atomic mass is 9.95. The van der Waals surface area contributed by atoms with E-state index in [4.69, 9.17) is 21.1 Å². The van der Waals surface area contributed by atoms with Crippen LogP contribution in [0.3, 0.4) is 0 Å². The summed E-state index contributed by atoms with van der Waals surface area (Å²) in [5.41, 5.74) is 1.44. The fourth-order valence-electron chi connectivity index (χ4n) is 3.98. The highest BCUT2D eigenvalue weighted by Crippen LogP contribution is 2.43. The molecular formula is C27H24ClNO5. The number of anilines is 1. The van der Waals surface area contributed by atoms with Gasteiger partial charge in [0, 0.05) is 16.3 Å². The van der Waals surface area contributed by atoms with Gasteiger partial charge in [-0.1, -0.05) is 35.9 Å². The molecule has 1 N–H and O–H groups in total. The van der Waals surface area contributed by atoms with E-state index in [0.29, 0.717) is 33.3 Å². The number of hydrogen-bond donors (Lipinski definition) is 1. The number of aliphatic hydroxyl groups is 1.